The molecule has 2 aliphatic heterocycles. The number of methoxy groups -OCH3 is 1. The van der Waals surface area contributed by atoms with Gasteiger partial charge >= 0.3 is 6.03 Å². The number of benzene rings is 3. The van der Waals surface area contributed by atoms with Gasteiger partial charge in [0.1, 0.15) is 24.5 Å². The fourth-order valence-electron chi connectivity index (χ4n) is 5.98. The number of hydrogen-bond donors (Lipinski definition) is 3. The average molecular weight is 640 g/mol. The Morgan fingerprint density at radius 2 is 1.85 bits per heavy atom. The van der Waals surface area contributed by atoms with E-state index in [4.69, 9.17) is 16.2 Å². The van der Waals surface area contributed by atoms with Crippen LogP contribution < -0.4 is 21.5 Å². The van der Waals surface area contributed by atoms with Gasteiger partial charge in [-0.3, -0.25) is 9.59 Å². The number of para-hydroxylation sites is 1. The highest BCUT2D eigenvalue weighted by Gasteiger charge is 2.52. The van der Waals surface area contributed by atoms with Crippen LogP contribution in [0.5, 0.6) is 5.75 Å². The van der Waals surface area contributed by atoms with E-state index in [0.717, 1.165) is 26.9 Å². The van der Waals surface area contributed by atoms with Gasteiger partial charge in [0, 0.05) is 25.2 Å². The predicted octanol–water partition coefficient (Wildman–Crippen LogP) is 2.54. The smallest absolute Gasteiger partial charge is 0.333 e. The molecular formula is C32H33N9O4S. The van der Waals surface area contributed by atoms with Crippen LogP contribution in [-0.4, -0.2) is 81.6 Å². The summed E-state index contributed by atoms with van der Waals surface area (Å²) in [5, 5.41) is 15.8. The average Bonchev–Trinajstić information content (AvgIpc) is 3.60. The van der Waals surface area contributed by atoms with E-state index >= 15 is 0 Å². The van der Waals surface area contributed by atoms with Crippen LogP contribution in [0.4, 0.5) is 15.6 Å². The van der Waals surface area contributed by atoms with Crippen molar-refractivity contribution >= 4 is 50.2 Å². The number of piperazine rings is 1. The standard InChI is InChI=1S/C32H33N9O4S/c1-45-24-11-7-21(8-12-24)16-36-32(44)39(14-13-33)40-19-28(42)41-25(15-20-5-9-23(34)10-6-20)30(43)38(18-27(40)41)17-22-3-2-4-26-29(22)37-31(35)46-26/h2-12,25,27H,14-19,34H2,1H3,(H2,35,37)(H,36,44)/t25-,27+/m0/s1. The van der Waals surface area contributed by atoms with E-state index in [0.29, 0.717) is 16.6 Å². The molecule has 0 spiro atoms. The van der Waals surface area contributed by atoms with E-state index in [-0.39, 0.29) is 51.0 Å². The lowest BCUT2D eigenvalue weighted by Crippen LogP contribution is -2.66. The monoisotopic (exact) mass is 639 g/mol. The molecule has 2 atom stereocenters. The summed E-state index contributed by atoms with van der Waals surface area (Å²) in [5.41, 5.74) is 15.7. The molecule has 1 aromatic heterocycles. The van der Waals surface area contributed by atoms with Gasteiger partial charge in [-0.2, -0.15) is 10.3 Å². The van der Waals surface area contributed by atoms with Crippen molar-refractivity contribution in [2.45, 2.75) is 31.7 Å². The van der Waals surface area contributed by atoms with Gasteiger partial charge in [-0.1, -0.05) is 47.7 Å². The number of nitrogens with one attached hydrogen (secondary N) is 1. The Balaban J connectivity index is 1.30. The van der Waals surface area contributed by atoms with Crippen LogP contribution in [-0.2, 0) is 29.1 Å². The number of rotatable bonds is 9. The molecule has 2 aliphatic rings. The van der Waals surface area contributed by atoms with Crippen molar-refractivity contribution in [1.29, 1.82) is 5.26 Å². The summed E-state index contributed by atoms with van der Waals surface area (Å²) >= 11 is 1.37. The van der Waals surface area contributed by atoms with Crippen molar-refractivity contribution in [2.75, 3.05) is 38.2 Å². The second kappa shape index (κ2) is 12.9. The molecule has 6 rings (SSSR count). The van der Waals surface area contributed by atoms with Crippen LogP contribution >= 0.6 is 11.3 Å². The summed E-state index contributed by atoms with van der Waals surface area (Å²) in [6.07, 6.45) is -0.440. The SMILES string of the molecule is COc1ccc(CNC(=O)N(CC#N)N2CC(=O)N3[C@@H](Cc4ccc(N)cc4)C(=O)N(Cc4cccc5sc(N)nc45)C[C@@H]32)cc1. The highest BCUT2D eigenvalue weighted by molar-refractivity contribution is 7.22. The Hall–Kier alpha value is -5.39. The Labute approximate surface area is 269 Å². The predicted molar refractivity (Wildman–Crippen MR) is 173 cm³/mol. The summed E-state index contributed by atoms with van der Waals surface area (Å²) < 4.78 is 6.11. The minimum absolute atomic E-state index is 0.118. The zero-order valence-electron chi connectivity index (χ0n) is 25.1. The number of carbonyl (C=O) groups is 3. The van der Waals surface area contributed by atoms with E-state index in [1.165, 1.54) is 16.3 Å². The summed E-state index contributed by atoms with van der Waals surface area (Å²) in [6.45, 7) is 0.0877. The first-order valence-electron chi connectivity index (χ1n) is 14.7. The minimum Gasteiger partial charge on any atom is -0.497 e. The van der Waals surface area contributed by atoms with Crippen LogP contribution in [0.2, 0.25) is 0 Å². The number of nitrogen functional groups attached to an aromatic ring is 2. The number of carbonyl (C=O) groups excluding carboxylic acids is 3. The number of fused-ring (bicyclic) bond motifs is 2. The quantitative estimate of drug-likeness (QED) is 0.184. The number of hydrogen-bond acceptors (Lipinski definition) is 10. The summed E-state index contributed by atoms with van der Waals surface area (Å²) in [7, 11) is 1.58. The van der Waals surface area contributed by atoms with Gasteiger partial charge in [-0.25, -0.2) is 14.8 Å². The summed E-state index contributed by atoms with van der Waals surface area (Å²) in [6, 6.07) is 20.8. The fourth-order valence-corrected chi connectivity index (χ4v) is 6.76. The van der Waals surface area contributed by atoms with Crippen molar-refractivity contribution in [2.24, 2.45) is 0 Å². The molecule has 4 aromatic rings. The van der Waals surface area contributed by atoms with Crippen LogP contribution in [0, 0.1) is 11.3 Å². The first kappa shape index (κ1) is 30.6. The number of hydrazine groups is 1. The third-order valence-electron chi connectivity index (χ3n) is 8.22. The third kappa shape index (κ3) is 6.10. The zero-order valence-corrected chi connectivity index (χ0v) is 25.9. The van der Waals surface area contributed by atoms with Crippen molar-refractivity contribution in [3.63, 3.8) is 0 Å². The molecule has 13 nitrogen and oxygen atoms in total. The molecule has 14 heteroatoms. The number of nitriles is 1. The topological polar surface area (TPSA) is 174 Å². The number of aromatic nitrogens is 1. The maximum atomic E-state index is 14.2. The molecule has 2 saturated heterocycles. The first-order valence-corrected chi connectivity index (χ1v) is 15.5. The van der Waals surface area contributed by atoms with Gasteiger partial charge in [-0.15, -0.1) is 0 Å². The van der Waals surface area contributed by atoms with Gasteiger partial charge in [0.05, 0.1) is 36.5 Å². The van der Waals surface area contributed by atoms with Crippen LogP contribution in [0.3, 0.4) is 0 Å². The molecule has 0 unspecified atom stereocenters. The number of amides is 4. The molecule has 0 saturated carbocycles. The summed E-state index contributed by atoms with van der Waals surface area (Å²) in [5.74, 6) is 0.161. The Kier molecular flexibility index (Phi) is 8.60. The highest BCUT2D eigenvalue weighted by Crippen LogP contribution is 2.32. The van der Waals surface area contributed by atoms with E-state index in [2.05, 4.69) is 16.4 Å². The molecule has 4 amide bonds. The largest absolute Gasteiger partial charge is 0.497 e. The first-order chi connectivity index (χ1) is 22.2. The molecule has 0 bridgehead atoms. The molecular weight excluding hydrogens is 606 g/mol. The van der Waals surface area contributed by atoms with E-state index in [1.807, 2.05) is 42.5 Å². The van der Waals surface area contributed by atoms with E-state index in [1.54, 1.807) is 46.2 Å². The van der Waals surface area contributed by atoms with Crippen molar-refractivity contribution in [1.82, 2.24) is 30.1 Å². The molecule has 3 aromatic carbocycles. The zero-order chi connectivity index (χ0) is 32.4. The number of thiazole rings is 1. The summed E-state index contributed by atoms with van der Waals surface area (Å²) in [4.78, 5) is 49.1. The Bertz CT molecular complexity index is 1810. The molecule has 46 heavy (non-hydrogen) atoms. The fraction of sp³-hybridized carbons (Fsp3) is 0.281. The lowest BCUT2D eigenvalue weighted by molar-refractivity contribution is -0.157. The maximum Gasteiger partial charge on any atom is 0.333 e. The number of nitrogens with two attached hydrogens (primary N) is 2. The molecule has 3 heterocycles. The van der Waals surface area contributed by atoms with Gasteiger partial charge in [0.25, 0.3) is 0 Å². The van der Waals surface area contributed by atoms with E-state index in [9.17, 15) is 19.6 Å². The van der Waals surface area contributed by atoms with Crippen LogP contribution in [0.1, 0.15) is 16.7 Å². The van der Waals surface area contributed by atoms with E-state index < -0.39 is 18.2 Å². The minimum atomic E-state index is -0.842. The van der Waals surface area contributed by atoms with Gasteiger partial charge in [0.2, 0.25) is 11.8 Å². The second-order valence-electron chi connectivity index (χ2n) is 11.1. The van der Waals surface area contributed by atoms with Crippen molar-refractivity contribution in [3.05, 3.63) is 83.4 Å². The Morgan fingerprint density at radius 1 is 1.11 bits per heavy atom. The lowest BCUT2D eigenvalue weighted by atomic mass is 9.99. The molecule has 0 radical (unpaired) electrons. The highest BCUT2D eigenvalue weighted by atomic mass is 32.1. The van der Waals surface area contributed by atoms with Gasteiger partial charge < -0.3 is 31.3 Å². The number of anilines is 2. The van der Waals surface area contributed by atoms with Crippen LogP contribution in [0.15, 0.2) is 66.7 Å². The van der Waals surface area contributed by atoms with Crippen molar-refractivity contribution < 1.29 is 19.1 Å². The van der Waals surface area contributed by atoms with Crippen molar-refractivity contribution in [3.8, 4) is 11.8 Å². The molecule has 236 valence electrons. The number of urea groups is 1. The lowest BCUT2D eigenvalue weighted by Gasteiger charge is -2.46. The molecule has 5 N–H and O–H groups in total. The molecule has 2 fully saturated rings. The third-order valence-corrected chi connectivity index (χ3v) is 9.07. The number of ether oxygens (including phenoxy) is 1. The Morgan fingerprint density at radius 3 is 2.57 bits per heavy atom. The number of nitrogens with zero attached hydrogens (tertiary/aromatic N) is 6. The normalized spacial score (nSPS) is 18.0. The second-order valence-corrected chi connectivity index (χ2v) is 12.2. The van der Waals surface area contributed by atoms with Gasteiger partial charge in [-0.05, 0) is 47.0 Å². The maximum absolute atomic E-state index is 14.2. The van der Waals surface area contributed by atoms with Crippen LogP contribution in [0.25, 0.3) is 10.2 Å². The van der Waals surface area contributed by atoms with Gasteiger partial charge in [0.15, 0.2) is 5.13 Å². The molecule has 0 aliphatic carbocycles.